The minimum atomic E-state index is -1.34. The maximum absolute atomic E-state index is 11.5. The number of imidazole rings is 1. The zero-order valence-corrected chi connectivity index (χ0v) is 25.4. The summed E-state index contributed by atoms with van der Waals surface area (Å²) in [4.78, 5) is 26.8. The number of carbonyl (C=O) groups excluding carboxylic acids is 1. The average molecular weight is 633 g/mol. The molecule has 2 aliphatic rings. The van der Waals surface area contributed by atoms with Gasteiger partial charge in [-0.15, -0.1) is 0 Å². The topological polar surface area (TPSA) is 207 Å². The number of aliphatic hydroxyl groups is 3. The molecule has 4 heterocycles. The van der Waals surface area contributed by atoms with E-state index in [-0.39, 0.29) is 17.6 Å². The van der Waals surface area contributed by atoms with Gasteiger partial charge in [-0.25, -0.2) is 15.0 Å². The van der Waals surface area contributed by atoms with Gasteiger partial charge >= 0.3 is 0 Å². The van der Waals surface area contributed by atoms with Gasteiger partial charge in [0.05, 0.1) is 13.2 Å². The first-order valence-electron chi connectivity index (χ1n) is 15.5. The van der Waals surface area contributed by atoms with Crippen LogP contribution in [0.1, 0.15) is 31.1 Å². The molecular formula is C32H40N8O6. The number of nitrogens with one attached hydrogen (secondary N) is 1. The van der Waals surface area contributed by atoms with E-state index < -0.39 is 31.1 Å². The molecule has 0 spiro atoms. The number of benzene rings is 2. The maximum atomic E-state index is 11.5. The summed E-state index contributed by atoms with van der Waals surface area (Å²) in [5.74, 6) is 0.953. The summed E-state index contributed by atoms with van der Waals surface area (Å²) < 4.78 is 13.7. The van der Waals surface area contributed by atoms with Crippen LogP contribution < -0.4 is 21.5 Å². The van der Waals surface area contributed by atoms with Crippen molar-refractivity contribution in [2.75, 3.05) is 43.9 Å². The SMILES string of the molecule is NC(=O)C1CCN(CCCOc2cc(CNc3nc4c(N)ncnc4n3[C@@H]3O[C@H](CO)[C@@H](O)[C@H]3O)ccc2-c2ccccc2)CC1. The van der Waals surface area contributed by atoms with Crippen LogP contribution >= 0.6 is 0 Å². The molecule has 2 aromatic carbocycles. The number of rotatable bonds is 12. The van der Waals surface area contributed by atoms with Crippen molar-refractivity contribution in [2.24, 2.45) is 11.7 Å². The van der Waals surface area contributed by atoms with Gasteiger partial charge in [-0.2, -0.15) is 0 Å². The second-order valence-electron chi connectivity index (χ2n) is 11.7. The third kappa shape index (κ3) is 6.62. The van der Waals surface area contributed by atoms with Crippen molar-refractivity contribution >= 4 is 28.8 Å². The molecule has 1 amide bonds. The lowest BCUT2D eigenvalue weighted by Gasteiger charge is -2.30. The summed E-state index contributed by atoms with van der Waals surface area (Å²) in [6.07, 6.45) is -0.982. The molecule has 4 atom stereocenters. The van der Waals surface area contributed by atoms with E-state index in [2.05, 4.69) is 25.2 Å². The second-order valence-corrected chi connectivity index (χ2v) is 11.7. The molecule has 244 valence electrons. The highest BCUT2D eigenvalue weighted by molar-refractivity contribution is 5.84. The quantitative estimate of drug-likeness (QED) is 0.122. The molecule has 6 rings (SSSR count). The highest BCUT2D eigenvalue weighted by Gasteiger charge is 2.45. The third-order valence-corrected chi connectivity index (χ3v) is 8.72. The number of hydrogen-bond donors (Lipinski definition) is 6. The third-order valence-electron chi connectivity index (χ3n) is 8.72. The molecule has 2 fully saturated rings. The minimum absolute atomic E-state index is 0.0289. The van der Waals surface area contributed by atoms with Crippen molar-refractivity contribution in [3.8, 4) is 16.9 Å². The summed E-state index contributed by atoms with van der Waals surface area (Å²) in [7, 11) is 0. The summed E-state index contributed by atoms with van der Waals surface area (Å²) in [5.41, 5.74) is 15.1. The Kier molecular flexibility index (Phi) is 9.61. The van der Waals surface area contributed by atoms with Crippen LogP contribution in [0.4, 0.5) is 11.8 Å². The fourth-order valence-electron chi connectivity index (χ4n) is 6.13. The number of carbonyl (C=O) groups is 1. The van der Waals surface area contributed by atoms with Gasteiger partial charge < -0.3 is 46.5 Å². The summed E-state index contributed by atoms with van der Waals surface area (Å²) in [6, 6.07) is 16.0. The molecule has 0 radical (unpaired) electrons. The van der Waals surface area contributed by atoms with E-state index in [1.807, 2.05) is 48.5 Å². The Morgan fingerprint density at radius 3 is 2.59 bits per heavy atom. The Labute approximate surface area is 266 Å². The van der Waals surface area contributed by atoms with Crippen LogP contribution in [-0.4, -0.2) is 96.8 Å². The number of piperidine rings is 1. The molecule has 2 aromatic heterocycles. The molecule has 8 N–H and O–H groups in total. The van der Waals surface area contributed by atoms with Gasteiger partial charge in [0.15, 0.2) is 23.2 Å². The highest BCUT2D eigenvalue weighted by atomic mass is 16.6. The second kappa shape index (κ2) is 14.0. The van der Waals surface area contributed by atoms with Crippen LogP contribution in [0.15, 0.2) is 54.9 Å². The van der Waals surface area contributed by atoms with Gasteiger partial charge in [-0.3, -0.25) is 9.36 Å². The zero-order chi connectivity index (χ0) is 32.2. The van der Waals surface area contributed by atoms with Crippen LogP contribution in [0, 0.1) is 5.92 Å². The molecular weight excluding hydrogens is 592 g/mol. The average Bonchev–Trinajstić information content (AvgIpc) is 3.59. The van der Waals surface area contributed by atoms with E-state index >= 15 is 0 Å². The molecule has 0 saturated carbocycles. The van der Waals surface area contributed by atoms with E-state index in [1.54, 1.807) is 0 Å². The van der Waals surface area contributed by atoms with Crippen molar-refractivity contribution in [3.63, 3.8) is 0 Å². The van der Waals surface area contributed by atoms with E-state index in [9.17, 15) is 20.1 Å². The highest BCUT2D eigenvalue weighted by Crippen LogP contribution is 2.36. The van der Waals surface area contributed by atoms with Crippen molar-refractivity contribution in [1.82, 2.24) is 24.4 Å². The monoisotopic (exact) mass is 632 g/mol. The molecule has 2 aliphatic heterocycles. The van der Waals surface area contributed by atoms with Crippen LogP contribution in [0.5, 0.6) is 5.75 Å². The van der Waals surface area contributed by atoms with E-state index in [4.69, 9.17) is 20.9 Å². The lowest BCUT2D eigenvalue weighted by molar-refractivity contribution is -0.123. The number of nitrogens with two attached hydrogens (primary N) is 2. The first-order valence-corrected chi connectivity index (χ1v) is 15.5. The lowest BCUT2D eigenvalue weighted by Crippen LogP contribution is -2.39. The van der Waals surface area contributed by atoms with Crippen molar-refractivity contribution in [3.05, 3.63) is 60.4 Å². The summed E-state index contributed by atoms with van der Waals surface area (Å²) in [6.45, 7) is 2.96. The molecule has 4 aromatic rings. The van der Waals surface area contributed by atoms with Crippen LogP contribution in [0.2, 0.25) is 0 Å². The lowest BCUT2D eigenvalue weighted by atomic mass is 9.96. The number of nitrogens with zero attached hydrogens (tertiary/aromatic N) is 5. The number of anilines is 2. The van der Waals surface area contributed by atoms with Gasteiger partial charge in [-0.05, 0) is 49.5 Å². The first kappa shape index (κ1) is 31.6. The van der Waals surface area contributed by atoms with E-state index in [1.165, 1.54) is 10.9 Å². The van der Waals surface area contributed by atoms with E-state index in [0.717, 1.165) is 61.3 Å². The normalized spacial score (nSPS) is 22.3. The van der Waals surface area contributed by atoms with Gasteiger partial charge in [0, 0.05) is 24.6 Å². The number of aliphatic hydroxyl groups excluding tert-OH is 3. The minimum Gasteiger partial charge on any atom is -0.493 e. The van der Waals surface area contributed by atoms with Crippen molar-refractivity contribution in [2.45, 2.75) is 50.3 Å². The number of amides is 1. The smallest absolute Gasteiger partial charge is 0.220 e. The van der Waals surface area contributed by atoms with Crippen LogP contribution in [-0.2, 0) is 16.1 Å². The van der Waals surface area contributed by atoms with Gasteiger partial charge in [0.25, 0.3) is 0 Å². The maximum Gasteiger partial charge on any atom is 0.220 e. The predicted octanol–water partition coefficient (Wildman–Crippen LogP) is 1.27. The van der Waals surface area contributed by atoms with Crippen LogP contribution in [0.25, 0.3) is 22.3 Å². The number of fused-ring (bicyclic) bond motifs is 1. The fraction of sp³-hybridized carbons (Fsp3) is 0.438. The Morgan fingerprint density at radius 2 is 1.87 bits per heavy atom. The Morgan fingerprint density at radius 1 is 1.09 bits per heavy atom. The van der Waals surface area contributed by atoms with Crippen molar-refractivity contribution < 1.29 is 29.6 Å². The van der Waals surface area contributed by atoms with Gasteiger partial charge in [-0.1, -0.05) is 42.5 Å². The molecule has 14 nitrogen and oxygen atoms in total. The first-order chi connectivity index (χ1) is 22.3. The zero-order valence-electron chi connectivity index (χ0n) is 25.4. The molecule has 46 heavy (non-hydrogen) atoms. The Hall–Kier alpha value is -4.34. The van der Waals surface area contributed by atoms with E-state index in [0.29, 0.717) is 30.3 Å². The standard InChI is InChI=1S/C32H40N8O6/c33-28-25-30(37-18-36-28)40(31-27(43)26(42)24(17-41)46-31)32(38-25)35-16-19-7-8-22(20-5-2-1-3-6-20)23(15-19)45-14-4-11-39-12-9-21(10-13-39)29(34)44/h1-3,5-8,15,18,21,24,26-27,31,41-43H,4,9-14,16-17H2,(H2,34,44)(H,35,38)(H2,33,36,37)/t24-,26-,27-,31-/m1/s1. The predicted molar refractivity (Wildman–Crippen MR) is 170 cm³/mol. The Balaban J connectivity index is 1.19. The number of ether oxygens (including phenoxy) is 2. The number of hydrogen-bond acceptors (Lipinski definition) is 12. The largest absolute Gasteiger partial charge is 0.493 e. The van der Waals surface area contributed by atoms with Crippen molar-refractivity contribution in [1.29, 1.82) is 0 Å². The molecule has 0 bridgehead atoms. The molecule has 2 saturated heterocycles. The summed E-state index contributed by atoms with van der Waals surface area (Å²) >= 11 is 0. The molecule has 14 heteroatoms. The van der Waals surface area contributed by atoms with Crippen LogP contribution in [0.3, 0.4) is 0 Å². The molecule has 0 aliphatic carbocycles. The fourth-order valence-corrected chi connectivity index (χ4v) is 6.13. The number of primary amides is 1. The number of nitrogen functional groups attached to an aromatic ring is 1. The number of aromatic nitrogens is 4. The number of likely N-dealkylation sites (tertiary alicyclic amines) is 1. The van der Waals surface area contributed by atoms with Gasteiger partial charge in [0.2, 0.25) is 11.9 Å². The van der Waals surface area contributed by atoms with Gasteiger partial charge in [0.1, 0.15) is 30.4 Å². The Bertz CT molecular complexity index is 1640. The molecule has 0 unspecified atom stereocenters. The summed E-state index contributed by atoms with van der Waals surface area (Å²) in [5, 5.41) is 34.1.